The Hall–Kier alpha value is -1.93. The van der Waals surface area contributed by atoms with Crippen LogP contribution in [-0.4, -0.2) is 76.9 Å². The number of nitrogens with zero attached hydrogens (tertiary/aromatic N) is 4. The molecule has 0 radical (unpaired) electrons. The molecule has 1 spiro atoms. The van der Waals surface area contributed by atoms with E-state index in [1.807, 2.05) is 19.3 Å². The highest BCUT2D eigenvalue weighted by molar-refractivity contribution is 5.70. The van der Waals surface area contributed by atoms with Crippen molar-refractivity contribution in [3.8, 4) is 0 Å². The Morgan fingerprint density at radius 1 is 1.30 bits per heavy atom. The average Bonchev–Trinajstić information content (AvgIpc) is 3.31. The van der Waals surface area contributed by atoms with E-state index in [1.165, 1.54) is 0 Å². The van der Waals surface area contributed by atoms with E-state index in [2.05, 4.69) is 20.2 Å². The first kappa shape index (κ1) is 18.4. The number of piperidine rings is 1. The second-order valence-corrected chi connectivity index (χ2v) is 7.77. The number of likely N-dealkylation sites (tertiary alicyclic amines) is 1. The maximum Gasteiger partial charge on any atom is 0.410 e. The second-order valence-electron chi connectivity index (χ2n) is 7.77. The van der Waals surface area contributed by atoms with Crippen molar-refractivity contribution in [3.63, 3.8) is 0 Å². The van der Waals surface area contributed by atoms with E-state index < -0.39 is 0 Å². The fourth-order valence-corrected chi connectivity index (χ4v) is 4.11. The van der Waals surface area contributed by atoms with Gasteiger partial charge in [0.2, 0.25) is 5.95 Å². The standard InChI is InChI=1S/C19H29N5O3/c1-2-24-14-19(27-18(24)25)5-7-23(8-6-19)13-15-10-20-17(21-11-15)22-12-16-4-3-9-26-16/h10-11,16H,2-9,12-14H2,1H3,(H,20,21,22). The van der Waals surface area contributed by atoms with Crippen LogP contribution >= 0.6 is 0 Å². The van der Waals surface area contributed by atoms with Gasteiger partial charge in [-0.15, -0.1) is 0 Å². The van der Waals surface area contributed by atoms with Gasteiger partial charge in [-0.05, 0) is 19.8 Å². The fraction of sp³-hybridized carbons (Fsp3) is 0.737. The average molecular weight is 375 g/mol. The van der Waals surface area contributed by atoms with Gasteiger partial charge in [-0.1, -0.05) is 0 Å². The van der Waals surface area contributed by atoms with E-state index in [0.717, 1.165) is 77.1 Å². The topological polar surface area (TPSA) is 79.8 Å². The van der Waals surface area contributed by atoms with Crippen molar-refractivity contribution in [2.24, 2.45) is 0 Å². The lowest BCUT2D eigenvalue weighted by Gasteiger charge is -2.37. The van der Waals surface area contributed by atoms with Crippen LogP contribution < -0.4 is 5.32 Å². The van der Waals surface area contributed by atoms with Crippen LogP contribution in [0.15, 0.2) is 12.4 Å². The number of hydrogen-bond acceptors (Lipinski definition) is 7. The van der Waals surface area contributed by atoms with E-state index in [-0.39, 0.29) is 17.8 Å². The van der Waals surface area contributed by atoms with Gasteiger partial charge in [0.05, 0.1) is 12.6 Å². The number of hydrogen-bond donors (Lipinski definition) is 1. The first-order valence-electron chi connectivity index (χ1n) is 10.0. The Balaban J connectivity index is 1.24. The van der Waals surface area contributed by atoms with Crippen LogP contribution in [0.2, 0.25) is 0 Å². The van der Waals surface area contributed by atoms with Crippen molar-refractivity contribution < 1.29 is 14.3 Å². The first-order chi connectivity index (χ1) is 13.2. The third-order valence-electron chi connectivity index (χ3n) is 5.81. The summed E-state index contributed by atoms with van der Waals surface area (Å²) in [5, 5.41) is 3.25. The van der Waals surface area contributed by atoms with Crippen molar-refractivity contribution in [2.45, 2.75) is 50.9 Å². The van der Waals surface area contributed by atoms with Crippen molar-refractivity contribution >= 4 is 12.0 Å². The van der Waals surface area contributed by atoms with Gasteiger partial charge >= 0.3 is 6.09 Å². The molecule has 3 fully saturated rings. The van der Waals surface area contributed by atoms with E-state index >= 15 is 0 Å². The molecule has 0 aromatic carbocycles. The molecule has 148 valence electrons. The summed E-state index contributed by atoms with van der Waals surface area (Å²) in [5.41, 5.74) is 0.822. The number of aromatic nitrogens is 2. The third-order valence-corrected chi connectivity index (χ3v) is 5.81. The van der Waals surface area contributed by atoms with E-state index in [9.17, 15) is 4.79 Å². The van der Waals surface area contributed by atoms with E-state index in [0.29, 0.717) is 5.95 Å². The molecule has 4 rings (SSSR count). The smallest absolute Gasteiger partial charge is 0.410 e. The maximum atomic E-state index is 11.9. The molecule has 1 aromatic rings. The molecule has 3 saturated heterocycles. The van der Waals surface area contributed by atoms with Crippen LogP contribution in [0.5, 0.6) is 0 Å². The van der Waals surface area contributed by atoms with Gasteiger partial charge in [-0.25, -0.2) is 14.8 Å². The summed E-state index contributed by atoms with van der Waals surface area (Å²) in [6.45, 7) is 7.73. The van der Waals surface area contributed by atoms with Gasteiger partial charge in [-0.3, -0.25) is 4.90 Å². The number of anilines is 1. The zero-order chi connectivity index (χ0) is 18.7. The Bertz CT molecular complexity index is 639. The third kappa shape index (κ3) is 4.32. The minimum Gasteiger partial charge on any atom is -0.441 e. The number of ether oxygens (including phenoxy) is 2. The van der Waals surface area contributed by atoms with Crippen molar-refractivity contribution in [2.75, 3.05) is 44.6 Å². The van der Waals surface area contributed by atoms with Crippen molar-refractivity contribution in [3.05, 3.63) is 18.0 Å². The number of rotatable bonds is 6. The minimum atomic E-state index is -0.282. The lowest BCUT2D eigenvalue weighted by Crippen LogP contribution is -2.46. The lowest BCUT2D eigenvalue weighted by atomic mass is 9.91. The van der Waals surface area contributed by atoms with Crippen LogP contribution in [0, 0.1) is 0 Å². The normalized spacial score (nSPS) is 25.1. The molecule has 1 unspecified atom stereocenters. The zero-order valence-electron chi connectivity index (χ0n) is 16.0. The largest absolute Gasteiger partial charge is 0.441 e. The molecule has 8 heteroatoms. The summed E-state index contributed by atoms with van der Waals surface area (Å²) >= 11 is 0. The molecule has 0 bridgehead atoms. The molecule has 4 heterocycles. The molecule has 0 aliphatic carbocycles. The van der Waals surface area contributed by atoms with Crippen LogP contribution in [0.25, 0.3) is 0 Å². The molecular formula is C19H29N5O3. The fourth-order valence-electron chi connectivity index (χ4n) is 4.11. The summed E-state index contributed by atoms with van der Waals surface area (Å²) in [6, 6.07) is 0. The number of amides is 1. The van der Waals surface area contributed by atoms with Gasteiger partial charge in [0.15, 0.2) is 0 Å². The van der Waals surface area contributed by atoms with Gasteiger partial charge < -0.3 is 19.7 Å². The number of likely N-dealkylation sites (N-methyl/N-ethyl adjacent to an activating group) is 1. The molecule has 3 aliphatic heterocycles. The predicted octanol–water partition coefficient (Wildman–Crippen LogP) is 1.87. The summed E-state index contributed by atoms with van der Waals surface area (Å²) < 4.78 is 11.3. The highest BCUT2D eigenvalue weighted by atomic mass is 16.6. The number of carbonyl (C=O) groups is 1. The highest BCUT2D eigenvalue weighted by Gasteiger charge is 2.46. The Morgan fingerprint density at radius 3 is 2.70 bits per heavy atom. The summed E-state index contributed by atoms with van der Waals surface area (Å²) in [4.78, 5) is 24.9. The molecule has 27 heavy (non-hydrogen) atoms. The maximum absolute atomic E-state index is 11.9. The summed E-state index contributed by atoms with van der Waals surface area (Å²) in [7, 11) is 0. The van der Waals surface area contributed by atoms with Gasteiger partial charge in [0.1, 0.15) is 5.60 Å². The first-order valence-corrected chi connectivity index (χ1v) is 10.0. The van der Waals surface area contributed by atoms with Gasteiger partial charge in [-0.2, -0.15) is 0 Å². The van der Waals surface area contributed by atoms with Crippen LogP contribution in [0.1, 0.15) is 38.2 Å². The molecule has 3 aliphatic rings. The molecule has 1 atom stereocenters. The molecule has 0 saturated carbocycles. The van der Waals surface area contributed by atoms with E-state index in [4.69, 9.17) is 9.47 Å². The van der Waals surface area contributed by atoms with E-state index in [1.54, 1.807) is 4.90 Å². The second kappa shape index (κ2) is 7.98. The monoisotopic (exact) mass is 375 g/mol. The number of nitrogens with one attached hydrogen (secondary N) is 1. The van der Waals surface area contributed by atoms with Gasteiger partial charge in [0, 0.05) is 70.1 Å². The van der Waals surface area contributed by atoms with Crippen LogP contribution in [-0.2, 0) is 16.0 Å². The van der Waals surface area contributed by atoms with Gasteiger partial charge in [0.25, 0.3) is 0 Å². The highest BCUT2D eigenvalue weighted by Crippen LogP contribution is 2.33. The molecule has 8 nitrogen and oxygen atoms in total. The van der Waals surface area contributed by atoms with Crippen molar-refractivity contribution in [1.82, 2.24) is 19.8 Å². The zero-order valence-corrected chi connectivity index (χ0v) is 16.0. The molecule has 1 amide bonds. The van der Waals surface area contributed by atoms with Crippen LogP contribution in [0.4, 0.5) is 10.7 Å². The SMILES string of the molecule is CCN1CC2(CCN(Cc3cnc(NCC4CCCO4)nc3)CC2)OC1=O. The molecular weight excluding hydrogens is 346 g/mol. The minimum absolute atomic E-state index is 0.162. The Morgan fingerprint density at radius 2 is 2.07 bits per heavy atom. The Kier molecular flexibility index (Phi) is 5.45. The molecule has 1 aromatic heterocycles. The predicted molar refractivity (Wildman–Crippen MR) is 100 cm³/mol. The van der Waals surface area contributed by atoms with Crippen molar-refractivity contribution in [1.29, 1.82) is 0 Å². The lowest BCUT2D eigenvalue weighted by molar-refractivity contribution is -0.00126. The quantitative estimate of drug-likeness (QED) is 0.813. The number of carbonyl (C=O) groups excluding carboxylic acids is 1. The summed E-state index contributed by atoms with van der Waals surface area (Å²) in [5.74, 6) is 0.657. The molecule has 1 N–H and O–H groups in total. The Labute approximate surface area is 160 Å². The van der Waals surface area contributed by atoms with Crippen LogP contribution in [0.3, 0.4) is 0 Å². The summed E-state index contributed by atoms with van der Waals surface area (Å²) in [6.07, 6.45) is 7.92.